The van der Waals surface area contributed by atoms with Crippen molar-refractivity contribution in [2.75, 3.05) is 11.4 Å². The number of hydrogen-bond donors (Lipinski definition) is 2. The van der Waals surface area contributed by atoms with Crippen LogP contribution >= 0.6 is 0 Å². The normalized spacial score (nSPS) is 10.0. The molecule has 0 aliphatic heterocycles. The lowest BCUT2D eigenvalue weighted by atomic mass is 10.2. The summed E-state index contributed by atoms with van der Waals surface area (Å²) >= 11 is 0. The van der Waals surface area contributed by atoms with Gasteiger partial charge in [0, 0.05) is 19.4 Å². The zero-order valence-corrected chi connectivity index (χ0v) is 11.6. The minimum absolute atomic E-state index is 0.0765. The van der Waals surface area contributed by atoms with Crippen LogP contribution in [0, 0.1) is 5.82 Å². The number of para-hydroxylation sites is 1. The first-order valence-corrected chi connectivity index (χ1v) is 6.53. The molecule has 0 aromatic heterocycles. The van der Waals surface area contributed by atoms with Gasteiger partial charge >= 0.3 is 12.0 Å². The molecule has 1 aromatic carbocycles. The molecule has 114 valence electrons. The maximum Gasteiger partial charge on any atom is 0.328 e. The van der Waals surface area contributed by atoms with Crippen molar-refractivity contribution in [2.45, 2.75) is 26.2 Å². The van der Waals surface area contributed by atoms with E-state index >= 15 is 0 Å². The van der Waals surface area contributed by atoms with Crippen LogP contribution in [-0.2, 0) is 9.59 Å². The molecule has 0 spiro atoms. The molecule has 2 N–H and O–H groups in total. The SMILES string of the molecule is CCN(C(=O)NC(=O)CCCC(=O)O)c1ccccc1F. The van der Waals surface area contributed by atoms with Gasteiger partial charge in [-0.2, -0.15) is 0 Å². The Morgan fingerprint density at radius 1 is 1.24 bits per heavy atom. The third-order valence-corrected chi connectivity index (χ3v) is 2.75. The Bertz CT molecular complexity index is 533. The Morgan fingerprint density at radius 2 is 1.90 bits per heavy atom. The molecule has 0 radical (unpaired) electrons. The summed E-state index contributed by atoms with van der Waals surface area (Å²) in [7, 11) is 0. The van der Waals surface area contributed by atoms with Gasteiger partial charge in [-0.3, -0.25) is 19.8 Å². The molecule has 3 amide bonds. The number of nitrogens with one attached hydrogen (secondary N) is 1. The van der Waals surface area contributed by atoms with Gasteiger partial charge in [-0.1, -0.05) is 12.1 Å². The number of hydrogen-bond acceptors (Lipinski definition) is 3. The second-order valence-corrected chi connectivity index (χ2v) is 4.30. The highest BCUT2D eigenvalue weighted by Crippen LogP contribution is 2.18. The number of carbonyl (C=O) groups excluding carboxylic acids is 2. The molecule has 0 bridgehead atoms. The van der Waals surface area contributed by atoms with E-state index in [2.05, 4.69) is 5.32 Å². The van der Waals surface area contributed by atoms with E-state index in [9.17, 15) is 18.8 Å². The predicted molar refractivity (Wildman–Crippen MR) is 74.4 cm³/mol. The predicted octanol–water partition coefficient (Wildman–Crippen LogP) is 2.14. The van der Waals surface area contributed by atoms with E-state index in [1.54, 1.807) is 13.0 Å². The molecule has 0 fully saturated rings. The molecule has 1 aromatic rings. The van der Waals surface area contributed by atoms with E-state index in [0.717, 1.165) is 4.90 Å². The first kappa shape index (κ1) is 16.6. The van der Waals surface area contributed by atoms with E-state index in [4.69, 9.17) is 5.11 Å². The molecule has 0 heterocycles. The van der Waals surface area contributed by atoms with Crippen molar-refractivity contribution >= 4 is 23.6 Å². The van der Waals surface area contributed by atoms with Crippen LogP contribution in [0.5, 0.6) is 0 Å². The number of rotatable bonds is 6. The lowest BCUT2D eigenvalue weighted by Crippen LogP contribution is -2.43. The summed E-state index contributed by atoms with van der Waals surface area (Å²) in [5.41, 5.74) is 0.0795. The van der Waals surface area contributed by atoms with Crippen molar-refractivity contribution in [3.05, 3.63) is 30.1 Å². The van der Waals surface area contributed by atoms with Crippen LogP contribution in [0.4, 0.5) is 14.9 Å². The van der Waals surface area contributed by atoms with Gasteiger partial charge in [0.05, 0.1) is 5.69 Å². The molecular weight excluding hydrogens is 279 g/mol. The van der Waals surface area contributed by atoms with Crippen molar-refractivity contribution in [3.8, 4) is 0 Å². The Hall–Kier alpha value is -2.44. The van der Waals surface area contributed by atoms with Crippen LogP contribution in [0.1, 0.15) is 26.2 Å². The first-order chi connectivity index (χ1) is 9.95. The number of benzene rings is 1. The molecule has 0 atom stereocenters. The van der Waals surface area contributed by atoms with Crippen LogP contribution in [-0.4, -0.2) is 29.6 Å². The second kappa shape index (κ2) is 7.98. The summed E-state index contributed by atoms with van der Waals surface area (Å²) in [5.74, 6) is -2.15. The maximum atomic E-state index is 13.6. The van der Waals surface area contributed by atoms with Crippen LogP contribution in [0.15, 0.2) is 24.3 Å². The van der Waals surface area contributed by atoms with E-state index < -0.39 is 23.7 Å². The molecule has 0 saturated carbocycles. The molecule has 21 heavy (non-hydrogen) atoms. The molecule has 0 unspecified atom stereocenters. The number of halogens is 1. The number of nitrogens with zero attached hydrogens (tertiary/aromatic N) is 1. The van der Waals surface area contributed by atoms with Gasteiger partial charge in [-0.25, -0.2) is 9.18 Å². The lowest BCUT2D eigenvalue weighted by molar-refractivity contribution is -0.137. The van der Waals surface area contributed by atoms with Crippen LogP contribution < -0.4 is 10.2 Å². The van der Waals surface area contributed by atoms with Gasteiger partial charge in [0.2, 0.25) is 5.91 Å². The van der Waals surface area contributed by atoms with E-state index in [1.807, 2.05) is 0 Å². The van der Waals surface area contributed by atoms with E-state index in [1.165, 1.54) is 18.2 Å². The number of carboxylic acids is 1. The second-order valence-electron chi connectivity index (χ2n) is 4.30. The number of anilines is 1. The van der Waals surface area contributed by atoms with Crippen LogP contribution in [0.2, 0.25) is 0 Å². The number of imide groups is 1. The molecule has 0 saturated heterocycles. The summed E-state index contributed by atoms with van der Waals surface area (Å²) < 4.78 is 13.6. The maximum absolute atomic E-state index is 13.6. The average Bonchev–Trinajstić information content (AvgIpc) is 2.41. The van der Waals surface area contributed by atoms with Gasteiger partial charge in [0.15, 0.2) is 0 Å². The largest absolute Gasteiger partial charge is 0.481 e. The van der Waals surface area contributed by atoms with Gasteiger partial charge in [0.1, 0.15) is 5.82 Å². The number of aliphatic carboxylic acids is 1. The molecule has 1 rings (SSSR count). The van der Waals surface area contributed by atoms with Crippen molar-refractivity contribution in [2.24, 2.45) is 0 Å². The van der Waals surface area contributed by atoms with Gasteiger partial charge < -0.3 is 5.11 Å². The zero-order valence-electron chi connectivity index (χ0n) is 11.6. The van der Waals surface area contributed by atoms with Gasteiger partial charge in [0.25, 0.3) is 0 Å². The van der Waals surface area contributed by atoms with Crippen LogP contribution in [0.3, 0.4) is 0 Å². The number of carbonyl (C=O) groups is 3. The minimum Gasteiger partial charge on any atom is -0.481 e. The fourth-order valence-electron chi connectivity index (χ4n) is 1.74. The Morgan fingerprint density at radius 3 is 2.48 bits per heavy atom. The topological polar surface area (TPSA) is 86.7 Å². The highest BCUT2D eigenvalue weighted by Gasteiger charge is 2.19. The summed E-state index contributed by atoms with van der Waals surface area (Å²) in [6, 6.07) is 5.01. The quantitative estimate of drug-likeness (QED) is 0.842. The zero-order chi connectivity index (χ0) is 15.8. The minimum atomic E-state index is -1.00. The molecule has 7 heteroatoms. The smallest absolute Gasteiger partial charge is 0.328 e. The fourth-order valence-corrected chi connectivity index (χ4v) is 1.74. The summed E-state index contributed by atoms with van der Waals surface area (Å²) in [6.45, 7) is 1.84. The third-order valence-electron chi connectivity index (χ3n) is 2.75. The fraction of sp³-hybridized carbons (Fsp3) is 0.357. The standard InChI is InChI=1S/C14H17FN2O4/c1-2-17(11-7-4-3-6-10(11)15)14(21)16-12(18)8-5-9-13(19)20/h3-4,6-7H,2,5,8-9H2,1H3,(H,19,20)(H,16,18,21). The highest BCUT2D eigenvalue weighted by atomic mass is 19.1. The Kier molecular flexibility index (Phi) is 6.32. The van der Waals surface area contributed by atoms with Gasteiger partial charge in [-0.15, -0.1) is 0 Å². The van der Waals surface area contributed by atoms with Crippen molar-refractivity contribution < 1.29 is 23.9 Å². The summed E-state index contributed by atoms with van der Waals surface area (Å²) in [6.07, 6.45) is -0.0838. The Balaban J connectivity index is 2.62. The lowest BCUT2D eigenvalue weighted by Gasteiger charge is -2.21. The first-order valence-electron chi connectivity index (χ1n) is 6.53. The number of amides is 3. The number of urea groups is 1. The van der Waals surface area contributed by atoms with Crippen molar-refractivity contribution in [1.29, 1.82) is 0 Å². The highest BCUT2D eigenvalue weighted by molar-refractivity contribution is 6.02. The molecule has 0 aliphatic carbocycles. The molecule has 0 aliphatic rings. The Labute approximate surface area is 121 Å². The van der Waals surface area contributed by atoms with Crippen molar-refractivity contribution in [3.63, 3.8) is 0 Å². The molecular formula is C14H17FN2O4. The van der Waals surface area contributed by atoms with E-state index in [-0.39, 0.29) is 31.5 Å². The summed E-state index contributed by atoms with van der Waals surface area (Å²) in [5, 5.41) is 10.6. The van der Waals surface area contributed by atoms with Crippen LogP contribution in [0.25, 0.3) is 0 Å². The average molecular weight is 296 g/mol. The summed E-state index contributed by atoms with van der Waals surface area (Å²) in [4.78, 5) is 34.9. The third kappa shape index (κ3) is 5.21. The molecule has 6 nitrogen and oxygen atoms in total. The van der Waals surface area contributed by atoms with E-state index in [0.29, 0.717) is 0 Å². The number of carboxylic acid groups (broad SMARTS) is 1. The van der Waals surface area contributed by atoms with Crippen molar-refractivity contribution in [1.82, 2.24) is 5.32 Å². The monoisotopic (exact) mass is 296 g/mol. The van der Waals surface area contributed by atoms with Gasteiger partial charge in [-0.05, 0) is 25.5 Å².